The van der Waals surface area contributed by atoms with E-state index in [1.165, 1.54) is 0 Å². The van der Waals surface area contributed by atoms with Crippen molar-refractivity contribution in [1.29, 1.82) is 0 Å². The molecule has 1 fully saturated rings. The number of nitrogens with zero attached hydrogens (tertiary/aromatic N) is 1. The van der Waals surface area contributed by atoms with Crippen LogP contribution < -0.4 is 5.32 Å². The molecule has 0 bridgehead atoms. The summed E-state index contributed by atoms with van der Waals surface area (Å²) in [6.07, 6.45) is 0.838. The fourth-order valence-corrected chi connectivity index (χ4v) is 1.55. The molecule has 1 aliphatic rings. The summed E-state index contributed by atoms with van der Waals surface area (Å²) in [5, 5.41) is 12.4. The average molecular weight is 186 g/mol. The lowest BCUT2D eigenvalue weighted by Gasteiger charge is -2.34. The lowest BCUT2D eigenvalue weighted by molar-refractivity contribution is -0.123. The molecule has 0 aromatic carbocycles. The highest BCUT2D eigenvalue weighted by atomic mass is 16.3. The Kier molecular flexibility index (Phi) is 3.69. The van der Waals surface area contributed by atoms with Crippen LogP contribution in [0.15, 0.2) is 0 Å². The van der Waals surface area contributed by atoms with Crippen LogP contribution in [-0.4, -0.2) is 48.2 Å². The fraction of sp³-hybridized carbons (Fsp3) is 0.889. The van der Waals surface area contributed by atoms with Crippen LogP contribution in [0.2, 0.25) is 0 Å². The normalized spacial score (nSPS) is 30.1. The zero-order valence-corrected chi connectivity index (χ0v) is 8.29. The molecule has 0 spiro atoms. The number of carbonyl (C=O) groups excluding carboxylic acids is 1. The van der Waals surface area contributed by atoms with E-state index in [4.69, 9.17) is 0 Å². The first-order valence-corrected chi connectivity index (χ1v) is 4.79. The topological polar surface area (TPSA) is 52.6 Å². The minimum Gasteiger partial charge on any atom is -0.391 e. The van der Waals surface area contributed by atoms with E-state index in [0.29, 0.717) is 6.42 Å². The molecule has 0 aromatic heterocycles. The molecule has 2 atom stereocenters. The van der Waals surface area contributed by atoms with Gasteiger partial charge in [-0.1, -0.05) is 6.92 Å². The number of aliphatic hydroxyl groups excluding tert-OH is 1. The highest BCUT2D eigenvalue weighted by molar-refractivity contribution is 5.75. The highest BCUT2D eigenvalue weighted by Gasteiger charge is 2.26. The predicted molar refractivity (Wildman–Crippen MR) is 50.3 cm³/mol. The van der Waals surface area contributed by atoms with Gasteiger partial charge < -0.3 is 15.3 Å². The van der Waals surface area contributed by atoms with Crippen LogP contribution in [0.25, 0.3) is 0 Å². The van der Waals surface area contributed by atoms with Gasteiger partial charge in [0.2, 0.25) is 5.91 Å². The van der Waals surface area contributed by atoms with Crippen molar-refractivity contribution in [2.75, 3.05) is 20.1 Å². The van der Waals surface area contributed by atoms with Gasteiger partial charge in [-0.05, 0) is 13.5 Å². The van der Waals surface area contributed by atoms with E-state index in [1.807, 2.05) is 14.0 Å². The second kappa shape index (κ2) is 4.58. The number of likely N-dealkylation sites (N-methyl/N-ethyl adjacent to an activating group) is 1. The summed E-state index contributed by atoms with van der Waals surface area (Å²) in [4.78, 5) is 13.2. The number of rotatable bonds is 2. The van der Waals surface area contributed by atoms with Gasteiger partial charge in [0.15, 0.2) is 0 Å². The summed E-state index contributed by atoms with van der Waals surface area (Å²) in [6.45, 7) is 3.46. The predicted octanol–water partition coefficient (Wildman–Crippen LogP) is -0.422. The van der Waals surface area contributed by atoms with Crippen LogP contribution >= 0.6 is 0 Å². The van der Waals surface area contributed by atoms with Gasteiger partial charge in [0, 0.05) is 19.5 Å². The molecule has 2 N–H and O–H groups in total. The Morgan fingerprint density at radius 2 is 2.38 bits per heavy atom. The van der Waals surface area contributed by atoms with E-state index >= 15 is 0 Å². The Hall–Kier alpha value is -0.610. The van der Waals surface area contributed by atoms with Gasteiger partial charge in [-0.3, -0.25) is 4.79 Å². The molecule has 4 heteroatoms. The summed E-state index contributed by atoms with van der Waals surface area (Å²) < 4.78 is 0. The summed E-state index contributed by atoms with van der Waals surface area (Å²) in [7, 11) is 2.00. The summed E-state index contributed by atoms with van der Waals surface area (Å²) in [5.41, 5.74) is 0. The monoisotopic (exact) mass is 186 g/mol. The van der Waals surface area contributed by atoms with Gasteiger partial charge in [0.1, 0.15) is 0 Å². The Morgan fingerprint density at radius 3 is 3.00 bits per heavy atom. The van der Waals surface area contributed by atoms with Gasteiger partial charge in [-0.2, -0.15) is 0 Å². The number of likely N-dealkylation sites (tertiary alicyclic amines) is 1. The molecule has 0 radical (unpaired) electrons. The lowest BCUT2D eigenvalue weighted by Crippen LogP contribution is -2.54. The first-order chi connectivity index (χ1) is 6.13. The van der Waals surface area contributed by atoms with Crippen LogP contribution in [0.5, 0.6) is 0 Å². The average Bonchev–Trinajstić information content (AvgIpc) is 2.11. The molecule has 4 nitrogen and oxygen atoms in total. The molecule has 1 rings (SSSR count). The van der Waals surface area contributed by atoms with Crippen LogP contribution in [0, 0.1) is 0 Å². The zero-order valence-electron chi connectivity index (χ0n) is 8.29. The Morgan fingerprint density at radius 1 is 1.69 bits per heavy atom. The maximum absolute atomic E-state index is 11.1. The Labute approximate surface area is 78.9 Å². The van der Waals surface area contributed by atoms with Crippen molar-refractivity contribution >= 4 is 5.91 Å². The Bertz CT molecular complexity index is 184. The molecule has 13 heavy (non-hydrogen) atoms. The van der Waals surface area contributed by atoms with E-state index in [-0.39, 0.29) is 18.1 Å². The molecule has 0 aromatic rings. The number of piperidine rings is 1. The second-order valence-corrected chi connectivity index (χ2v) is 3.65. The lowest BCUT2D eigenvalue weighted by atomic mass is 10.0. The maximum Gasteiger partial charge on any atom is 0.220 e. The van der Waals surface area contributed by atoms with Crippen LogP contribution in [0.3, 0.4) is 0 Å². The first kappa shape index (κ1) is 10.5. The third kappa shape index (κ3) is 2.97. The third-order valence-electron chi connectivity index (χ3n) is 2.45. The van der Waals surface area contributed by atoms with Crippen molar-refractivity contribution < 1.29 is 9.90 Å². The number of nitrogens with one attached hydrogen (secondary N) is 1. The summed E-state index contributed by atoms with van der Waals surface area (Å²) in [6, 6.07) is -0.0915. The SMILES string of the molecule is CCC(=O)NC1CN(C)CCC1O. The number of hydrogen-bond donors (Lipinski definition) is 2. The fourth-order valence-electron chi connectivity index (χ4n) is 1.55. The van der Waals surface area contributed by atoms with Crippen molar-refractivity contribution in [1.82, 2.24) is 10.2 Å². The number of carbonyl (C=O) groups is 1. The summed E-state index contributed by atoms with van der Waals surface area (Å²) >= 11 is 0. The molecular weight excluding hydrogens is 168 g/mol. The van der Waals surface area contributed by atoms with Gasteiger partial charge in [-0.25, -0.2) is 0 Å². The molecule has 0 aliphatic carbocycles. The van der Waals surface area contributed by atoms with E-state index in [1.54, 1.807) is 0 Å². The van der Waals surface area contributed by atoms with Gasteiger partial charge in [0.25, 0.3) is 0 Å². The van der Waals surface area contributed by atoms with Crippen molar-refractivity contribution in [2.45, 2.75) is 31.9 Å². The molecule has 2 unspecified atom stereocenters. The maximum atomic E-state index is 11.1. The minimum absolute atomic E-state index is 0.0133. The van der Waals surface area contributed by atoms with Gasteiger partial charge >= 0.3 is 0 Å². The standard InChI is InChI=1S/C9H18N2O2/c1-3-9(13)10-7-6-11(2)5-4-8(7)12/h7-8,12H,3-6H2,1-2H3,(H,10,13). The van der Waals surface area contributed by atoms with Crippen LogP contribution in [0.4, 0.5) is 0 Å². The first-order valence-electron chi connectivity index (χ1n) is 4.79. The van der Waals surface area contributed by atoms with Crippen molar-refractivity contribution in [2.24, 2.45) is 0 Å². The molecule has 0 saturated carbocycles. The van der Waals surface area contributed by atoms with Crippen LogP contribution in [-0.2, 0) is 4.79 Å². The summed E-state index contributed by atoms with van der Waals surface area (Å²) in [5.74, 6) is 0.0133. The van der Waals surface area contributed by atoms with E-state index in [0.717, 1.165) is 19.5 Å². The molecule has 76 valence electrons. The number of aliphatic hydroxyl groups is 1. The van der Waals surface area contributed by atoms with Crippen molar-refractivity contribution in [3.63, 3.8) is 0 Å². The minimum atomic E-state index is -0.383. The second-order valence-electron chi connectivity index (χ2n) is 3.65. The third-order valence-corrected chi connectivity index (χ3v) is 2.45. The van der Waals surface area contributed by atoms with Crippen molar-refractivity contribution in [3.05, 3.63) is 0 Å². The molecular formula is C9H18N2O2. The van der Waals surface area contributed by atoms with Crippen molar-refractivity contribution in [3.8, 4) is 0 Å². The molecule has 1 heterocycles. The van der Waals surface area contributed by atoms with E-state index < -0.39 is 0 Å². The molecule has 1 aliphatic heterocycles. The number of hydrogen-bond acceptors (Lipinski definition) is 3. The largest absolute Gasteiger partial charge is 0.391 e. The highest BCUT2D eigenvalue weighted by Crippen LogP contribution is 2.09. The zero-order chi connectivity index (χ0) is 9.84. The smallest absolute Gasteiger partial charge is 0.220 e. The van der Waals surface area contributed by atoms with Gasteiger partial charge in [-0.15, -0.1) is 0 Å². The number of amides is 1. The van der Waals surface area contributed by atoms with E-state index in [2.05, 4.69) is 10.2 Å². The van der Waals surface area contributed by atoms with Crippen LogP contribution in [0.1, 0.15) is 19.8 Å². The molecule has 1 saturated heterocycles. The Balaban J connectivity index is 2.41. The van der Waals surface area contributed by atoms with Gasteiger partial charge in [0.05, 0.1) is 12.1 Å². The molecule has 1 amide bonds. The van der Waals surface area contributed by atoms with E-state index in [9.17, 15) is 9.90 Å². The quantitative estimate of drug-likeness (QED) is 0.615.